The van der Waals surface area contributed by atoms with Gasteiger partial charge < -0.3 is 25.2 Å². The maximum Gasteiger partial charge on any atom is 0.213 e. The van der Waals surface area contributed by atoms with Crippen LogP contribution in [-0.4, -0.2) is 142 Å². The van der Waals surface area contributed by atoms with Crippen molar-refractivity contribution in [1.82, 2.24) is 52.9 Å². The molecular formula is C83H82N14O5. The highest BCUT2D eigenvalue weighted by Gasteiger charge is 2.25. The van der Waals surface area contributed by atoms with Crippen molar-refractivity contribution < 1.29 is 23.9 Å². The molecule has 2 saturated heterocycles. The lowest BCUT2D eigenvalue weighted by molar-refractivity contribution is 0.0701. The first-order valence-corrected chi connectivity index (χ1v) is 33.9. The Labute approximate surface area is 594 Å². The predicted octanol–water partition coefficient (Wildman–Crippen LogP) is 14.9. The number of nitrogens with two attached hydrogens (primary N) is 1. The van der Waals surface area contributed by atoms with Gasteiger partial charge in [-0.1, -0.05) is 192 Å². The SMILES string of the molecule is Cc1ccc(-n2cnc(/C=C/N(C)C)c2C(=O)c2ccccc2)cc1.Cc1ccc(-n2cnc(N)c2C(=O)c2ccccc2)cc1.Cc1ccc(-n2cnc(N=CN3CCCCC3)c2C(=O)c2ccccc2)cc1.Cc1ccc(-n2cnc(N=CN3CCOCC3)c2C(=O)c2ccccc2)cc1. The fraction of sp³-hybridized carbons (Fsp3) is 0.181. The maximum absolute atomic E-state index is 13.3. The Morgan fingerprint density at radius 1 is 0.392 bits per heavy atom. The van der Waals surface area contributed by atoms with Crippen molar-refractivity contribution in [2.75, 3.05) is 59.2 Å². The molecule has 14 rings (SSSR count). The molecule has 19 heteroatoms. The van der Waals surface area contributed by atoms with E-state index in [4.69, 9.17) is 10.5 Å². The van der Waals surface area contributed by atoms with E-state index in [1.165, 1.54) is 30.4 Å². The van der Waals surface area contributed by atoms with E-state index in [0.717, 1.165) is 60.1 Å². The minimum Gasteiger partial charge on any atom is -0.383 e. The van der Waals surface area contributed by atoms with Crippen LogP contribution in [0, 0.1) is 27.7 Å². The van der Waals surface area contributed by atoms with E-state index in [1.54, 1.807) is 52.9 Å². The van der Waals surface area contributed by atoms with E-state index >= 15 is 0 Å². The summed E-state index contributed by atoms with van der Waals surface area (Å²) in [4.78, 5) is 85.1. The molecule has 12 aromatic rings. The summed E-state index contributed by atoms with van der Waals surface area (Å²) in [5, 5.41) is 0. The van der Waals surface area contributed by atoms with Crippen LogP contribution in [0.5, 0.6) is 0 Å². The predicted molar refractivity (Wildman–Crippen MR) is 404 cm³/mol. The number of hydrogen-bond acceptors (Lipinski definition) is 13. The number of piperidine rings is 1. The number of nitrogens with zero attached hydrogens (tertiary/aromatic N) is 13. The third kappa shape index (κ3) is 18.0. The number of rotatable bonds is 18. The monoisotopic (exact) mass is 1350 g/mol. The molecule has 6 heterocycles. The molecule has 0 unspecified atom stereocenters. The number of morpholine rings is 1. The average Bonchev–Trinajstić information content (AvgIpc) is 1.64. The summed E-state index contributed by atoms with van der Waals surface area (Å²) in [6, 6.07) is 68.9. The summed E-state index contributed by atoms with van der Waals surface area (Å²) >= 11 is 0. The number of benzene rings is 8. The number of hydrogen-bond donors (Lipinski definition) is 1. The number of anilines is 1. The Morgan fingerprint density at radius 3 is 1.08 bits per heavy atom. The summed E-state index contributed by atoms with van der Waals surface area (Å²) in [5.41, 5.74) is 19.2. The Kier molecular flexibility index (Phi) is 23.8. The Hall–Kier alpha value is -12.5. The second kappa shape index (κ2) is 34.3. The molecule has 102 heavy (non-hydrogen) atoms. The number of aromatic nitrogens is 8. The fourth-order valence-corrected chi connectivity index (χ4v) is 11.3. The van der Waals surface area contributed by atoms with Crippen LogP contribution >= 0.6 is 0 Å². The molecule has 4 aromatic heterocycles. The van der Waals surface area contributed by atoms with Crippen molar-refractivity contribution in [3.63, 3.8) is 0 Å². The van der Waals surface area contributed by atoms with Crippen LogP contribution in [0.1, 0.15) is 111 Å². The zero-order valence-corrected chi connectivity index (χ0v) is 58.2. The van der Waals surface area contributed by atoms with E-state index in [9.17, 15) is 19.2 Å². The van der Waals surface area contributed by atoms with Crippen LogP contribution in [0.2, 0.25) is 0 Å². The molecule has 2 N–H and O–H groups in total. The molecule has 0 saturated carbocycles. The Balaban J connectivity index is 0.000000137. The number of ketones is 4. The van der Waals surface area contributed by atoms with Gasteiger partial charge in [0, 0.05) is 91.5 Å². The van der Waals surface area contributed by atoms with Crippen LogP contribution < -0.4 is 5.73 Å². The lowest BCUT2D eigenvalue weighted by atomic mass is 10.1. The first-order chi connectivity index (χ1) is 49.7. The van der Waals surface area contributed by atoms with Crippen molar-refractivity contribution in [2.45, 2.75) is 47.0 Å². The fourth-order valence-electron chi connectivity index (χ4n) is 11.3. The van der Waals surface area contributed by atoms with Crippen LogP contribution in [0.25, 0.3) is 28.8 Å². The maximum atomic E-state index is 13.3. The summed E-state index contributed by atoms with van der Waals surface area (Å²) in [7, 11) is 3.87. The number of nitrogen functional groups attached to an aromatic ring is 1. The minimum absolute atomic E-state index is 0.0444. The third-order valence-corrected chi connectivity index (χ3v) is 17.0. The summed E-state index contributed by atoms with van der Waals surface area (Å²) in [6.45, 7) is 13.1. The Morgan fingerprint density at radius 2 is 0.706 bits per heavy atom. The molecule has 514 valence electrons. The van der Waals surface area contributed by atoms with Gasteiger partial charge in [-0.3, -0.25) is 37.4 Å². The van der Waals surface area contributed by atoms with E-state index in [2.05, 4.69) is 39.7 Å². The van der Waals surface area contributed by atoms with E-state index < -0.39 is 0 Å². The lowest BCUT2D eigenvalue weighted by Crippen LogP contribution is -2.35. The van der Waals surface area contributed by atoms with Crippen LogP contribution in [-0.2, 0) is 4.74 Å². The van der Waals surface area contributed by atoms with E-state index in [-0.39, 0.29) is 29.0 Å². The Bertz CT molecular complexity index is 4670. The molecule has 0 spiro atoms. The molecule has 0 amide bonds. The smallest absolute Gasteiger partial charge is 0.213 e. The molecule has 0 aliphatic carbocycles. The minimum atomic E-state index is -0.133. The van der Waals surface area contributed by atoms with Crippen LogP contribution in [0.3, 0.4) is 0 Å². The molecule has 2 aliphatic rings. The number of ether oxygens (including phenoxy) is 1. The van der Waals surface area contributed by atoms with Gasteiger partial charge in [-0.15, -0.1) is 0 Å². The number of aliphatic imine (C=N–C) groups is 2. The summed E-state index contributed by atoms with van der Waals surface area (Å²) in [5.74, 6) is 0.755. The van der Waals surface area contributed by atoms with Crippen molar-refractivity contribution in [3.05, 3.63) is 323 Å². The number of carbonyl (C=O) groups is 4. The van der Waals surface area contributed by atoms with Gasteiger partial charge in [0.2, 0.25) is 23.1 Å². The zero-order chi connectivity index (χ0) is 71.3. The number of likely N-dealkylation sites (tertiary alicyclic amines) is 1. The molecule has 8 aromatic carbocycles. The first kappa shape index (κ1) is 70.8. The van der Waals surface area contributed by atoms with Gasteiger partial charge in [0.05, 0.1) is 31.6 Å². The van der Waals surface area contributed by atoms with Crippen molar-refractivity contribution in [2.24, 2.45) is 9.98 Å². The summed E-state index contributed by atoms with van der Waals surface area (Å²) < 4.78 is 12.6. The standard InChI is InChI=1S/C23H24N4O.C22H22N4O2.C21H21N3O.C17H15N3O/c1-18-10-12-20(13-11-18)27-17-25-23(24-16-26-14-6-3-7-15-26)21(27)22(28)19-8-4-2-5-9-19;1-17-7-9-19(10-8-17)26-16-24-22(23-15-25-11-13-28-14-12-25)20(26)21(27)18-5-3-2-4-6-18;1-16-9-11-18(12-10-16)24-15-22-19(13-14-23(2)3)20(24)21(25)17-7-5-4-6-8-17;1-12-7-9-14(10-8-12)20-11-19-17(18)15(20)16(21)13-5-3-2-4-6-13/h2,4-5,8-13,16-17H,3,6-7,14-15H2,1H3;2-10,15-16H,11-14H2,1H3;4-15H,1-3H3;2-11H,18H2,1H3/b;;14-13+;. The van der Waals surface area contributed by atoms with Crippen LogP contribution in [0.15, 0.2) is 260 Å². The van der Waals surface area contributed by atoms with Gasteiger partial charge in [-0.25, -0.2) is 29.9 Å². The third-order valence-electron chi connectivity index (χ3n) is 17.0. The van der Waals surface area contributed by atoms with Crippen molar-refractivity contribution in [3.8, 4) is 22.7 Å². The second-order valence-electron chi connectivity index (χ2n) is 24.9. The normalized spacial score (nSPS) is 12.8. The molecular weight excluding hydrogens is 1270 g/mol. The molecule has 19 nitrogen and oxygen atoms in total. The lowest BCUT2D eigenvalue weighted by Gasteiger charge is -2.23. The number of imidazole rings is 4. The van der Waals surface area contributed by atoms with Crippen molar-refractivity contribution >= 4 is 59.3 Å². The number of carbonyl (C=O) groups excluding carboxylic acids is 4. The first-order valence-electron chi connectivity index (χ1n) is 33.9. The van der Waals surface area contributed by atoms with Gasteiger partial charge in [-0.2, -0.15) is 0 Å². The number of aryl methyl sites for hydroxylation is 4. The van der Waals surface area contributed by atoms with Gasteiger partial charge in [0.15, 0.2) is 17.5 Å². The molecule has 0 bridgehead atoms. The second-order valence-corrected chi connectivity index (χ2v) is 24.9. The molecule has 0 atom stereocenters. The van der Waals surface area contributed by atoms with Gasteiger partial charge >= 0.3 is 0 Å². The average molecular weight is 1360 g/mol. The largest absolute Gasteiger partial charge is 0.383 e. The van der Waals surface area contributed by atoms with Crippen molar-refractivity contribution in [1.29, 1.82) is 0 Å². The molecule has 0 radical (unpaired) electrons. The van der Waals surface area contributed by atoms with E-state index in [0.29, 0.717) is 75.6 Å². The highest BCUT2D eigenvalue weighted by Crippen LogP contribution is 2.29. The van der Waals surface area contributed by atoms with Crippen LogP contribution in [0.4, 0.5) is 17.5 Å². The molecule has 2 fully saturated rings. The van der Waals surface area contributed by atoms with Gasteiger partial charge in [0.1, 0.15) is 48.1 Å². The summed E-state index contributed by atoms with van der Waals surface area (Å²) in [6.07, 6.45) is 17.6. The highest BCUT2D eigenvalue weighted by atomic mass is 16.5. The topological polar surface area (TPSA) is 209 Å². The highest BCUT2D eigenvalue weighted by molar-refractivity contribution is 6.13. The molecule has 2 aliphatic heterocycles. The zero-order valence-electron chi connectivity index (χ0n) is 58.2. The van der Waals surface area contributed by atoms with Gasteiger partial charge in [0.25, 0.3) is 0 Å². The van der Waals surface area contributed by atoms with Gasteiger partial charge in [-0.05, 0) is 102 Å². The quantitative estimate of drug-likeness (QED) is 0.0482. The van der Waals surface area contributed by atoms with E-state index in [1.807, 2.05) is 281 Å².